The molecule has 1 fully saturated rings. The molecule has 0 spiro atoms. The van der Waals surface area contributed by atoms with Gasteiger partial charge in [-0.1, -0.05) is 0 Å². The number of carbonyl (C=O) groups excluding carboxylic acids is 2. The topological polar surface area (TPSA) is 78.4 Å². The Morgan fingerprint density at radius 3 is 2.50 bits per heavy atom. The van der Waals surface area contributed by atoms with E-state index in [1.54, 1.807) is 6.92 Å². The lowest BCUT2D eigenvalue weighted by atomic mass is 10.2. The maximum atomic E-state index is 11.2. The zero-order valence-electron chi connectivity index (χ0n) is 9.66. The minimum absolute atomic E-state index is 0.0819. The van der Waals surface area contributed by atoms with Crippen LogP contribution in [0.4, 0.5) is 0 Å². The molecule has 5 nitrogen and oxygen atoms in total. The predicted molar refractivity (Wildman–Crippen MR) is 59.7 cm³/mol. The molecule has 1 aliphatic carbocycles. The van der Waals surface area contributed by atoms with Gasteiger partial charge in [-0.15, -0.1) is 0 Å². The maximum absolute atomic E-state index is 11.2. The largest absolute Gasteiger partial charge is 0.393 e. The van der Waals surface area contributed by atoms with E-state index in [4.69, 9.17) is 5.11 Å². The highest BCUT2D eigenvalue weighted by Crippen LogP contribution is 2.28. The summed E-state index contributed by atoms with van der Waals surface area (Å²) in [6, 6.07) is 0. The van der Waals surface area contributed by atoms with Crippen LogP contribution in [0.25, 0.3) is 0 Å². The summed E-state index contributed by atoms with van der Waals surface area (Å²) in [4.78, 5) is 22.4. The van der Waals surface area contributed by atoms with Crippen LogP contribution in [-0.2, 0) is 9.59 Å². The third-order valence-corrected chi connectivity index (χ3v) is 2.48. The summed E-state index contributed by atoms with van der Waals surface area (Å²) in [5.41, 5.74) is 0. The summed E-state index contributed by atoms with van der Waals surface area (Å²) in [5.74, 6) is 0.228. The van der Waals surface area contributed by atoms with Crippen molar-refractivity contribution in [2.45, 2.75) is 38.7 Å². The van der Waals surface area contributed by atoms with Gasteiger partial charge in [-0.3, -0.25) is 9.59 Å². The number of aliphatic hydroxyl groups excluding tert-OH is 1. The van der Waals surface area contributed by atoms with E-state index in [1.165, 1.54) is 0 Å². The molecule has 16 heavy (non-hydrogen) atoms. The van der Waals surface area contributed by atoms with E-state index in [2.05, 4.69) is 10.6 Å². The van der Waals surface area contributed by atoms with Crippen LogP contribution in [0.15, 0.2) is 0 Å². The van der Waals surface area contributed by atoms with Crippen molar-refractivity contribution in [3.05, 3.63) is 0 Å². The summed E-state index contributed by atoms with van der Waals surface area (Å²) >= 11 is 0. The fourth-order valence-corrected chi connectivity index (χ4v) is 1.31. The van der Waals surface area contributed by atoms with Gasteiger partial charge in [-0.25, -0.2) is 0 Å². The first kappa shape index (κ1) is 13.0. The average molecular weight is 228 g/mol. The second-order valence-electron chi connectivity index (χ2n) is 4.30. The molecule has 0 heterocycles. The molecule has 1 unspecified atom stereocenters. The van der Waals surface area contributed by atoms with Crippen molar-refractivity contribution >= 4 is 11.8 Å². The van der Waals surface area contributed by atoms with E-state index in [0.29, 0.717) is 25.9 Å². The van der Waals surface area contributed by atoms with Gasteiger partial charge in [0.25, 0.3) is 0 Å². The van der Waals surface area contributed by atoms with Gasteiger partial charge in [0.05, 0.1) is 6.10 Å². The fraction of sp³-hybridized carbons (Fsp3) is 0.818. The Bertz CT molecular complexity index is 250. The van der Waals surface area contributed by atoms with Crippen LogP contribution >= 0.6 is 0 Å². The third kappa shape index (κ3) is 5.70. The van der Waals surface area contributed by atoms with Gasteiger partial charge in [-0.2, -0.15) is 0 Å². The summed E-state index contributed by atoms with van der Waals surface area (Å²) in [6.45, 7) is 2.59. The molecule has 0 radical (unpaired) electrons. The molecular weight excluding hydrogens is 208 g/mol. The molecule has 1 atom stereocenters. The monoisotopic (exact) mass is 228 g/mol. The van der Waals surface area contributed by atoms with Crippen LogP contribution in [0.5, 0.6) is 0 Å². The number of hydrogen-bond acceptors (Lipinski definition) is 3. The number of carbonyl (C=O) groups is 2. The van der Waals surface area contributed by atoms with Crippen LogP contribution in [0.1, 0.15) is 32.6 Å². The molecule has 2 amide bonds. The van der Waals surface area contributed by atoms with Crippen LogP contribution < -0.4 is 10.6 Å². The molecule has 0 aromatic rings. The molecule has 3 N–H and O–H groups in total. The van der Waals surface area contributed by atoms with Crippen LogP contribution in [0, 0.1) is 5.92 Å². The Hall–Kier alpha value is -1.10. The van der Waals surface area contributed by atoms with E-state index in [0.717, 1.165) is 12.8 Å². The minimum Gasteiger partial charge on any atom is -0.393 e. The highest BCUT2D eigenvalue weighted by molar-refractivity contribution is 5.81. The molecule has 92 valence electrons. The Balaban J connectivity index is 1.93. The average Bonchev–Trinajstić information content (AvgIpc) is 3.04. The molecule has 1 saturated carbocycles. The smallest absolute Gasteiger partial charge is 0.223 e. The molecule has 1 aliphatic rings. The first-order valence-electron chi connectivity index (χ1n) is 5.82. The summed E-state index contributed by atoms with van der Waals surface area (Å²) < 4.78 is 0. The number of rotatable bonds is 7. The molecule has 0 aromatic carbocycles. The highest BCUT2D eigenvalue weighted by atomic mass is 16.3. The third-order valence-electron chi connectivity index (χ3n) is 2.48. The first-order chi connectivity index (χ1) is 7.59. The molecule has 1 rings (SSSR count). The second-order valence-corrected chi connectivity index (χ2v) is 4.30. The summed E-state index contributed by atoms with van der Waals surface area (Å²) in [7, 11) is 0. The van der Waals surface area contributed by atoms with Gasteiger partial charge in [0.1, 0.15) is 0 Å². The van der Waals surface area contributed by atoms with E-state index >= 15 is 0 Å². The number of amides is 2. The van der Waals surface area contributed by atoms with Gasteiger partial charge < -0.3 is 15.7 Å². The fourth-order valence-electron chi connectivity index (χ4n) is 1.31. The Morgan fingerprint density at radius 1 is 1.31 bits per heavy atom. The summed E-state index contributed by atoms with van der Waals surface area (Å²) in [5, 5.41) is 14.4. The van der Waals surface area contributed by atoms with Gasteiger partial charge in [0, 0.05) is 25.4 Å². The number of nitrogens with one attached hydrogen (secondary N) is 2. The Kier molecular flexibility index (Phi) is 5.25. The predicted octanol–water partition coefficient (Wildman–Crippen LogP) is -0.210. The van der Waals surface area contributed by atoms with Gasteiger partial charge in [0.2, 0.25) is 11.8 Å². The van der Waals surface area contributed by atoms with Crippen molar-refractivity contribution < 1.29 is 14.7 Å². The van der Waals surface area contributed by atoms with Crippen molar-refractivity contribution in [1.29, 1.82) is 0 Å². The zero-order chi connectivity index (χ0) is 12.0. The Morgan fingerprint density at radius 2 is 1.94 bits per heavy atom. The van der Waals surface area contributed by atoms with E-state index < -0.39 is 6.10 Å². The molecule has 0 bridgehead atoms. The second kappa shape index (κ2) is 6.48. The van der Waals surface area contributed by atoms with Crippen molar-refractivity contribution in [2.75, 3.05) is 13.1 Å². The normalized spacial score (nSPS) is 16.6. The van der Waals surface area contributed by atoms with Gasteiger partial charge >= 0.3 is 0 Å². The highest BCUT2D eigenvalue weighted by Gasteiger charge is 2.28. The number of hydrogen-bond donors (Lipinski definition) is 3. The van der Waals surface area contributed by atoms with Gasteiger partial charge in [0.15, 0.2) is 0 Å². The van der Waals surface area contributed by atoms with E-state index in [1.807, 2.05) is 0 Å². The quantitative estimate of drug-likeness (QED) is 0.528. The van der Waals surface area contributed by atoms with Gasteiger partial charge in [-0.05, 0) is 26.2 Å². The van der Waals surface area contributed by atoms with Crippen molar-refractivity contribution in [1.82, 2.24) is 10.6 Å². The first-order valence-corrected chi connectivity index (χ1v) is 5.82. The molecule has 0 aromatic heterocycles. The lowest BCUT2D eigenvalue weighted by molar-refractivity contribution is -0.123. The van der Waals surface area contributed by atoms with Crippen LogP contribution in [0.3, 0.4) is 0 Å². The van der Waals surface area contributed by atoms with Crippen LogP contribution in [-0.4, -0.2) is 36.1 Å². The molecular formula is C11H20N2O3. The zero-order valence-corrected chi connectivity index (χ0v) is 9.66. The van der Waals surface area contributed by atoms with E-state index in [-0.39, 0.29) is 17.7 Å². The lowest BCUT2D eigenvalue weighted by Gasteiger charge is -2.07. The van der Waals surface area contributed by atoms with Crippen molar-refractivity contribution in [3.8, 4) is 0 Å². The molecule has 0 saturated heterocycles. The van der Waals surface area contributed by atoms with E-state index in [9.17, 15) is 9.59 Å². The Labute approximate surface area is 95.6 Å². The summed E-state index contributed by atoms with van der Waals surface area (Å²) in [6.07, 6.45) is 2.34. The minimum atomic E-state index is -0.444. The number of aliphatic hydroxyl groups is 1. The standard InChI is InChI=1S/C11H20N2O3/c1-8(14)2-5-10(15)12-6-7-13-11(16)9-3-4-9/h8-9,14H,2-7H2,1H3,(H,12,15)(H,13,16). The molecule has 0 aliphatic heterocycles. The maximum Gasteiger partial charge on any atom is 0.223 e. The molecule has 5 heteroatoms. The SMILES string of the molecule is CC(O)CCC(=O)NCCNC(=O)C1CC1. The van der Waals surface area contributed by atoms with Crippen molar-refractivity contribution in [2.24, 2.45) is 5.92 Å². The van der Waals surface area contributed by atoms with Crippen molar-refractivity contribution in [3.63, 3.8) is 0 Å². The lowest BCUT2D eigenvalue weighted by Crippen LogP contribution is -2.35. The van der Waals surface area contributed by atoms with Crippen LogP contribution in [0.2, 0.25) is 0 Å².